The second-order valence-corrected chi connectivity index (χ2v) is 9.71. The number of nitrogens with zero attached hydrogens (tertiary/aromatic N) is 2. The summed E-state index contributed by atoms with van der Waals surface area (Å²) in [6.45, 7) is 2.59. The molecular formula is C19H19ClN2O4S2. The number of methoxy groups -OCH3 is 1. The van der Waals surface area contributed by atoms with Crippen molar-refractivity contribution in [3.05, 3.63) is 57.9 Å². The number of thiazole rings is 1. The Balaban J connectivity index is 2.02. The first-order chi connectivity index (χ1) is 13.4. The van der Waals surface area contributed by atoms with Gasteiger partial charge in [-0.25, -0.2) is 8.42 Å². The molecule has 3 aromatic rings. The van der Waals surface area contributed by atoms with Gasteiger partial charge in [0.2, 0.25) is 0 Å². The van der Waals surface area contributed by atoms with E-state index in [1.807, 2.05) is 16.7 Å². The lowest BCUT2D eigenvalue weighted by Crippen LogP contribution is -2.19. The van der Waals surface area contributed by atoms with E-state index in [0.29, 0.717) is 28.5 Å². The van der Waals surface area contributed by atoms with E-state index in [1.54, 1.807) is 20.1 Å². The van der Waals surface area contributed by atoms with Gasteiger partial charge in [0.1, 0.15) is 0 Å². The first-order valence-corrected chi connectivity index (χ1v) is 11.4. The van der Waals surface area contributed by atoms with E-state index in [2.05, 4.69) is 4.99 Å². The first kappa shape index (κ1) is 20.7. The highest BCUT2D eigenvalue weighted by Gasteiger charge is 2.13. The van der Waals surface area contributed by atoms with Crippen molar-refractivity contribution in [3.8, 4) is 0 Å². The second-order valence-electron chi connectivity index (χ2n) is 5.99. The normalized spacial score (nSPS) is 12.6. The Labute approximate surface area is 172 Å². The Kier molecular flexibility index (Phi) is 6.34. The van der Waals surface area contributed by atoms with E-state index in [0.717, 1.165) is 10.2 Å². The maximum Gasteiger partial charge on any atom is 0.279 e. The molecule has 1 amide bonds. The van der Waals surface area contributed by atoms with Gasteiger partial charge in [-0.2, -0.15) is 4.99 Å². The van der Waals surface area contributed by atoms with Crippen molar-refractivity contribution >= 4 is 48.9 Å². The topological polar surface area (TPSA) is 77.7 Å². The van der Waals surface area contributed by atoms with Gasteiger partial charge in [-0.05, 0) is 42.5 Å². The van der Waals surface area contributed by atoms with Gasteiger partial charge in [0, 0.05) is 24.2 Å². The van der Waals surface area contributed by atoms with Crippen LogP contribution in [0.2, 0.25) is 5.02 Å². The number of aromatic nitrogens is 1. The number of fused-ring (bicyclic) bond motifs is 1. The number of carbonyl (C=O) groups is 1. The molecule has 1 aromatic heterocycles. The third kappa shape index (κ3) is 4.35. The maximum absolute atomic E-state index is 12.6. The fraction of sp³-hybridized carbons (Fsp3) is 0.263. The minimum absolute atomic E-state index is 0.00844. The van der Waals surface area contributed by atoms with Gasteiger partial charge in [0.25, 0.3) is 5.91 Å². The number of halogens is 1. The summed E-state index contributed by atoms with van der Waals surface area (Å²) in [4.78, 5) is 17.6. The fourth-order valence-corrected chi connectivity index (χ4v) is 4.87. The van der Waals surface area contributed by atoms with Crippen molar-refractivity contribution in [2.45, 2.75) is 18.4 Å². The molecule has 6 nitrogen and oxygen atoms in total. The number of benzene rings is 2. The van der Waals surface area contributed by atoms with Gasteiger partial charge in [-0.3, -0.25) is 4.79 Å². The zero-order chi connectivity index (χ0) is 20.3. The smallest absolute Gasteiger partial charge is 0.279 e. The summed E-state index contributed by atoms with van der Waals surface area (Å²) in [5, 5.41) is 0.609. The molecule has 3 rings (SSSR count). The maximum atomic E-state index is 12.6. The summed E-state index contributed by atoms with van der Waals surface area (Å²) in [5.74, 6) is -0.432. The Bertz CT molecular complexity index is 1180. The van der Waals surface area contributed by atoms with E-state index in [9.17, 15) is 13.2 Å². The molecule has 0 aliphatic rings. The monoisotopic (exact) mass is 438 g/mol. The number of carbonyl (C=O) groups excluding carboxylic acids is 1. The summed E-state index contributed by atoms with van der Waals surface area (Å²) in [6.07, 6.45) is 0. The van der Waals surface area contributed by atoms with Crippen LogP contribution in [0.25, 0.3) is 10.2 Å². The van der Waals surface area contributed by atoms with Gasteiger partial charge in [0.05, 0.1) is 27.5 Å². The lowest BCUT2D eigenvalue weighted by Gasteiger charge is -2.04. The van der Waals surface area contributed by atoms with Crippen LogP contribution in [0.1, 0.15) is 17.3 Å². The van der Waals surface area contributed by atoms with E-state index in [1.165, 1.54) is 35.6 Å². The molecule has 2 aromatic carbocycles. The summed E-state index contributed by atoms with van der Waals surface area (Å²) >= 11 is 7.44. The van der Waals surface area contributed by atoms with Crippen LogP contribution in [0, 0.1) is 0 Å². The molecule has 28 heavy (non-hydrogen) atoms. The molecule has 0 radical (unpaired) electrons. The number of ether oxygens (including phenoxy) is 1. The highest BCUT2D eigenvalue weighted by Crippen LogP contribution is 2.22. The van der Waals surface area contributed by atoms with Gasteiger partial charge in [0.15, 0.2) is 14.6 Å². The van der Waals surface area contributed by atoms with Crippen LogP contribution in [-0.2, 0) is 21.1 Å². The predicted octanol–water partition coefficient (Wildman–Crippen LogP) is 3.54. The van der Waals surface area contributed by atoms with E-state index in [-0.39, 0.29) is 10.6 Å². The van der Waals surface area contributed by atoms with Crippen molar-refractivity contribution in [2.75, 3.05) is 19.5 Å². The molecule has 0 N–H and O–H groups in total. The summed E-state index contributed by atoms with van der Waals surface area (Å²) in [5.41, 5.74) is 1.24. The van der Waals surface area contributed by atoms with E-state index >= 15 is 0 Å². The summed E-state index contributed by atoms with van der Waals surface area (Å²) in [6, 6.07) is 11.3. The zero-order valence-electron chi connectivity index (χ0n) is 15.4. The van der Waals surface area contributed by atoms with Crippen LogP contribution in [0.5, 0.6) is 0 Å². The molecule has 148 valence electrons. The lowest BCUT2D eigenvalue weighted by atomic mass is 10.2. The van der Waals surface area contributed by atoms with Crippen LogP contribution in [0.3, 0.4) is 0 Å². The quantitative estimate of drug-likeness (QED) is 0.589. The number of hydrogen-bond donors (Lipinski definition) is 0. The predicted molar refractivity (Wildman–Crippen MR) is 111 cm³/mol. The van der Waals surface area contributed by atoms with Crippen molar-refractivity contribution in [1.82, 2.24) is 4.57 Å². The average Bonchev–Trinajstić information content (AvgIpc) is 3.02. The number of sulfone groups is 1. The van der Waals surface area contributed by atoms with Crippen molar-refractivity contribution in [3.63, 3.8) is 0 Å². The molecule has 0 saturated carbocycles. The Morgan fingerprint density at radius 1 is 1.21 bits per heavy atom. The molecule has 9 heteroatoms. The van der Waals surface area contributed by atoms with Gasteiger partial charge < -0.3 is 9.30 Å². The molecule has 1 heterocycles. The zero-order valence-corrected chi connectivity index (χ0v) is 17.8. The van der Waals surface area contributed by atoms with Gasteiger partial charge >= 0.3 is 0 Å². The third-order valence-electron chi connectivity index (χ3n) is 4.20. The highest BCUT2D eigenvalue weighted by atomic mass is 35.5. The van der Waals surface area contributed by atoms with Crippen LogP contribution in [-0.4, -0.2) is 38.4 Å². The average molecular weight is 439 g/mol. The molecule has 0 aliphatic carbocycles. The van der Waals surface area contributed by atoms with E-state index in [4.69, 9.17) is 16.3 Å². The molecule has 0 fully saturated rings. The Hall–Kier alpha value is -2.00. The fourth-order valence-electron chi connectivity index (χ4n) is 2.65. The molecule has 0 aliphatic heterocycles. The van der Waals surface area contributed by atoms with Crippen LogP contribution in [0.4, 0.5) is 0 Å². The number of rotatable bonds is 6. The Morgan fingerprint density at radius 3 is 2.57 bits per heavy atom. The number of hydrogen-bond acceptors (Lipinski definition) is 5. The molecule has 0 spiro atoms. The standard InChI is InChI=1S/C19H19ClN2O4S2/c1-3-28(24,25)15-7-4-13(5-8-15)18(23)21-19-22(10-11-26-2)16-9-6-14(20)12-17(16)27-19/h4-9,12H,3,10-11H2,1-2H3. The first-order valence-electron chi connectivity index (χ1n) is 8.55. The van der Waals surface area contributed by atoms with Crippen LogP contribution < -0.4 is 4.80 Å². The van der Waals surface area contributed by atoms with Crippen molar-refractivity contribution in [2.24, 2.45) is 4.99 Å². The molecule has 0 bridgehead atoms. The summed E-state index contributed by atoms with van der Waals surface area (Å²) in [7, 11) is -1.70. The van der Waals surface area contributed by atoms with Crippen LogP contribution in [0.15, 0.2) is 52.4 Å². The SMILES string of the molecule is CCS(=O)(=O)c1ccc(C(=O)N=c2sc3cc(Cl)ccc3n2CCOC)cc1. The minimum Gasteiger partial charge on any atom is -0.383 e. The molecule has 0 unspecified atom stereocenters. The lowest BCUT2D eigenvalue weighted by molar-refractivity contribution is 0.0997. The van der Waals surface area contributed by atoms with Crippen LogP contribution >= 0.6 is 22.9 Å². The Morgan fingerprint density at radius 2 is 1.93 bits per heavy atom. The minimum atomic E-state index is -3.31. The number of amides is 1. The molecule has 0 saturated heterocycles. The van der Waals surface area contributed by atoms with Crippen molar-refractivity contribution < 1.29 is 17.9 Å². The molecular weight excluding hydrogens is 420 g/mol. The van der Waals surface area contributed by atoms with Gasteiger partial charge in [-0.15, -0.1) is 0 Å². The van der Waals surface area contributed by atoms with Crippen molar-refractivity contribution in [1.29, 1.82) is 0 Å². The highest BCUT2D eigenvalue weighted by molar-refractivity contribution is 7.91. The third-order valence-corrected chi connectivity index (χ3v) is 7.23. The largest absolute Gasteiger partial charge is 0.383 e. The van der Waals surface area contributed by atoms with Gasteiger partial charge in [-0.1, -0.05) is 29.9 Å². The molecule has 0 atom stereocenters. The summed E-state index contributed by atoms with van der Waals surface area (Å²) < 4.78 is 31.8. The van der Waals surface area contributed by atoms with E-state index < -0.39 is 15.7 Å². The second kappa shape index (κ2) is 8.57.